The van der Waals surface area contributed by atoms with Gasteiger partial charge in [-0.2, -0.15) is 0 Å². The molecule has 0 spiro atoms. The number of carbonyl (C=O) groups is 2. The number of nitrogens with two attached hydrogens (primary N) is 1. The fourth-order valence-electron chi connectivity index (χ4n) is 2.93. The third-order valence-electron chi connectivity index (χ3n) is 4.30. The van der Waals surface area contributed by atoms with Crippen LogP contribution in [0.2, 0.25) is 0 Å². The summed E-state index contributed by atoms with van der Waals surface area (Å²) in [6.07, 6.45) is 2.01. The Labute approximate surface area is 154 Å². The number of hydrogen-bond donors (Lipinski definition) is 1. The maximum atomic E-state index is 12.7. The third kappa shape index (κ3) is 3.74. The van der Waals surface area contributed by atoms with E-state index in [9.17, 15) is 9.59 Å². The molecule has 8 nitrogen and oxygen atoms in total. The monoisotopic (exact) mass is 359 g/mol. The molecule has 1 aliphatic heterocycles. The molecule has 1 saturated heterocycles. The number of amides is 1. The minimum absolute atomic E-state index is 0. The van der Waals surface area contributed by atoms with E-state index in [1.54, 1.807) is 35.4 Å². The van der Waals surface area contributed by atoms with E-state index >= 15 is 0 Å². The maximum absolute atomic E-state index is 12.7. The number of aromatic nitrogens is 2. The van der Waals surface area contributed by atoms with Gasteiger partial charge >= 0.3 is 6.09 Å². The molecule has 0 aliphatic carbocycles. The highest BCUT2D eigenvalue weighted by atomic mass is 16.5. The Balaban J connectivity index is 0.00000196. The van der Waals surface area contributed by atoms with Crippen LogP contribution in [0.1, 0.15) is 25.3 Å². The zero-order valence-corrected chi connectivity index (χ0v) is 14.6. The molecule has 26 heavy (non-hydrogen) atoms. The molecule has 8 heteroatoms. The van der Waals surface area contributed by atoms with Crippen LogP contribution in [0.15, 0.2) is 36.5 Å². The number of rotatable bonds is 3. The Kier molecular flexibility index (Phi) is 5.31. The molecule has 1 amide bonds. The summed E-state index contributed by atoms with van der Waals surface area (Å²) in [7, 11) is 1.38. The van der Waals surface area contributed by atoms with Crippen molar-refractivity contribution in [1.82, 2.24) is 14.9 Å². The van der Waals surface area contributed by atoms with E-state index in [4.69, 9.17) is 10.5 Å². The van der Waals surface area contributed by atoms with E-state index in [1.165, 1.54) is 7.11 Å². The fraction of sp³-hybridized carbons (Fsp3) is 0.333. The molecule has 1 aliphatic rings. The zero-order valence-electron chi connectivity index (χ0n) is 14.6. The van der Waals surface area contributed by atoms with Crippen molar-refractivity contribution in [3.63, 3.8) is 0 Å². The molecule has 3 rings (SSSR count). The SMILES string of the molecule is COC(=O)N1CCCN(c2cccc(C(=O)c3cccnc3N)n2)CC1.[HH].[HH]. The summed E-state index contributed by atoms with van der Waals surface area (Å²) in [5.74, 6) is 0.627. The first-order chi connectivity index (χ1) is 12.6. The van der Waals surface area contributed by atoms with Gasteiger partial charge in [-0.05, 0) is 30.7 Å². The number of ether oxygens (including phenoxy) is 1. The van der Waals surface area contributed by atoms with Gasteiger partial charge < -0.3 is 20.3 Å². The minimum atomic E-state index is -0.323. The third-order valence-corrected chi connectivity index (χ3v) is 4.30. The summed E-state index contributed by atoms with van der Waals surface area (Å²) >= 11 is 0. The van der Waals surface area contributed by atoms with Crippen molar-refractivity contribution in [1.29, 1.82) is 0 Å². The average Bonchev–Trinajstić information content (AvgIpc) is 2.93. The van der Waals surface area contributed by atoms with Crippen LogP contribution in [-0.4, -0.2) is 60.0 Å². The van der Waals surface area contributed by atoms with Crippen LogP contribution < -0.4 is 10.6 Å². The van der Waals surface area contributed by atoms with Crippen molar-refractivity contribution in [2.75, 3.05) is 43.9 Å². The molecular formula is C18H25N5O3. The molecule has 0 atom stereocenters. The average molecular weight is 359 g/mol. The summed E-state index contributed by atoms with van der Waals surface area (Å²) in [5, 5.41) is 0. The number of anilines is 2. The summed E-state index contributed by atoms with van der Waals surface area (Å²) in [4.78, 5) is 36.6. The first-order valence-electron chi connectivity index (χ1n) is 8.40. The summed E-state index contributed by atoms with van der Waals surface area (Å²) in [6, 6.07) is 8.63. The number of ketones is 1. The van der Waals surface area contributed by atoms with Crippen LogP contribution in [-0.2, 0) is 4.74 Å². The highest BCUT2D eigenvalue weighted by Crippen LogP contribution is 2.18. The standard InChI is InChI=1S/C18H21N5O3.2H2/c1-26-18(25)23-10-4-9-22(11-12-23)15-7-2-6-14(21-15)16(24)13-5-3-8-20-17(13)19;;/h2-3,5-8H,4,9-12H2,1H3,(H2,19,20);2*1H. The van der Waals surface area contributed by atoms with Gasteiger partial charge in [0, 0.05) is 35.2 Å². The summed E-state index contributed by atoms with van der Waals surface area (Å²) in [5.41, 5.74) is 6.45. The summed E-state index contributed by atoms with van der Waals surface area (Å²) in [6.45, 7) is 2.54. The predicted octanol–water partition coefficient (Wildman–Crippen LogP) is 2.06. The largest absolute Gasteiger partial charge is 0.453 e. The second-order valence-corrected chi connectivity index (χ2v) is 5.94. The molecule has 2 aromatic rings. The van der Waals surface area contributed by atoms with Gasteiger partial charge in [-0.15, -0.1) is 0 Å². The smallest absolute Gasteiger partial charge is 0.409 e. The Bertz CT molecular complexity index is 821. The lowest BCUT2D eigenvalue weighted by Gasteiger charge is -2.22. The van der Waals surface area contributed by atoms with Crippen LogP contribution in [0.4, 0.5) is 16.4 Å². The van der Waals surface area contributed by atoms with Gasteiger partial charge in [-0.3, -0.25) is 4.79 Å². The number of pyridine rings is 2. The van der Waals surface area contributed by atoms with Crippen LogP contribution in [0.5, 0.6) is 0 Å². The van der Waals surface area contributed by atoms with E-state index in [-0.39, 0.29) is 20.5 Å². The number of nitrogen functional groups attached to an aromatic ring is 1. The molecule has 0 saturated carbocycles. The fourth-order valence-corrected chi connectivity index (χ4v) is 2.93. The highest BCUT2D eigenvalue weighted by Gasteiger charge is 2.21. The van der Waals surface area contributed by atoms with Gasteiger partial charge in [0.2, 0.25) is 5.78 Å². The molecule has 2 aromatic heterocycles. The highest BCUT2D eigenvalue weighted by molar-refractivity contribution is 6.10. The van der Waals surface area contributed by atoms with E-state index in [0.29, 0.717) is 36.7 Å². The topological polar surface area (TPSA) is 102 Å². The normalized spacial score (nSPS) is 14.7. The van der Waals surface area contributed by atoms with E-state index in [0.717, 1.165) is 13.0 Å². The molecule has 140 valence electrons. The van der Waals surface area contributed by atoms with Crippen molar-refractivity contribution in [2.24, 2.45) is 0 Å². The van der Waals surface area contributed by atoms with Crippen molar-refractivity contribution in [3.05, 3.63) is 47.8 Å². The number of nitrogens with zero attached hydrogens (tertiary/aromatic N) is 4. The molecular weight excluding hydrogens is 334 g/mol. The lowest BCUT2D eigenvalue weighted by atomic mass is 10.1. The van der Waals surface area contributed by atoms with Crippen LogP contribution in [0.25, 0.3) is 0 Å². The Morgan fingerprint density at radius 3 is 2.77 bits per heavy atom. The molecule has 0 bridgehead atoms. The zero-order chi connectivity index (χ0) is 18.5. The Hall–Kier alpha value is -3.16. The van der Waals surface area contributed by atoms with Crippen LogP contribution in [0, 0.1) is 0 Å². The first-order valence-corrected chi connectivity index (χ1v) is 8.40. The van der Waals surface area contributed by atoms with E-state index < -0.39 is 0 Å². The van der Waals surface area contributed by atoms with Gasteiger partial charge in [-0.25, -0.2) is 14.8 Å². The van der Waals surface area contributed by atoms with Crippen LogP contribution in [0.3, 0.4) is 0 Å². The Morgan fingerprint density at radius 2 is 2.00 bits per heavy atom. The molecule has 1 fully saturated rings. The molecule has 0 radical (unpaired) electrons. The summed E-state index contributed by atoms with van der Waals surface area (Å²) < 4.78 is 4.79. The number of hydrogen-bond acceptors (Lipinski definition) is 7. The van der Waals surface area contributed by atoms with Gasteiger partial charge in [0.05, 0.1) is 12.7 Å². The first kappa shape index (κ1) is 17.7. The Morgan fingerprint density at radius 1 is 1.15 bits per heavy atom. The van der Waals surface area contributed by atoms with Crippen molar-refractivity contribution >= 4 is 23.5 Å². The van der Waals surface area contributed by atoms with Crippen molar-refractivity contribution in [2.45, 2.75) is 6.42 Å². The lowest BCUT2D eigenvalue weighted by Crippen LogP contribution is -2.35. The van der Waals surface area contributed by atoms with Gasteiger partial charge in [0.15, 0.2) is 0 Å². The molecule has 2 N–H and O–H groups in total. The van der Waals surface area contributed by atoms with Gasteiger partial charge in [0.25, 0.3) is 0 Å². The minimum Gasteiger partial charge on any atom is -0.453 e. The van der Waals surface area contributed by atoms with Gasteiger partial charge in [0.1, 0.15) is 17.3 Å². The van der Waals surface area contributed by atoms with Crippen molar-refractivity contribution in [3.8, 4) is 0 Å². The molecule has 0 aromatic carbocycles. The quantitative estimate of drug-likeness (QED) is 0.837. The second-order valence-electron chi connectivity index (χ2n) is 5.94. The number of methoxy groups -OCH3 is 1. The lowest BCUT2D eigenvalue weighted by molar-refractivity contribution is 0.103. The number of carbonyl (C=O) groups excluding carboxylic acids is 2. The second kappa shape index (κ2) is 7.81. The van der Waals surface area contributed by atoms with E-state index in [2.05, 4.69) is 14.9 Å². The van der Waals surface area contributed by atoms with Crippen molar-refractivity contribution < 1.29 is 17.2 Å². The van der Waals surface area contributed by atoms with Gasteiger partial charge in [-0.1, -0.05) is 6.07 Å². The maximum Gasteiger partial charge on any atom is 0.409 e. The van der Waals surface area contributed by atoms with Crippen LogP contribution >= 0.6 is 0 Å². The molecule has 3 heterocycles. The van der Waals surface area contributed by atoms with E-state index in [1.807, 2.05) is 6.07 Å². The predicted molar refractivity (Wildman–Crippen MR) is 101 cm³/mol. The molecule has 0 unspecified atom stereocenters.